The van der Waals surface area contributed by atoms with E-state index in [2.05, 4.69) is 27.7 Å². The van der Waals surface area contributed by atoms with Gasteiger partial charge in [0.2, 0.25) is 0 Å². The number of carbonyl (C=O) groups excluding carboxylic acids is 1. The average Bonchev–Trinajstić information content (AvgIpc) is 2.40. The molecule has 1 unspecified atom stereocenters. The maximum absolute atomic E-state index is 11.9. The van der Waals surface area contributed by atoms with Gasteiger partial charge in [-0.05, 0) is 24.7 Å². The lowest BCUT2D eigenvalue weighted by molar-refractivity contribution is -0.119. The third-order valence-electron chi connectivity index (χ3n) is 4.36. The van der Waals surface area contributed by atoms with Crippen LogP contribution >= 0.6 is 0 Å². The van der Waals surface area contributed by atoms with Gasteiger partial charge in [-0.25, -0.2) is 0 Å². The molecule has 1 nitrogen and oxygen atoms in total. The van der Waals surface area contributed by atoms with Gasteiger partial charge in [-0.15, -0.1) is 0 Å². The first-order valence-electron chi connectivity index (χ1n) is 8.19. The van der Waals surface area contributed by atoms with E-state index in [4.69, 9.17) is 0 Å². The smallest absolute Gasteiger partial charge is 0.132 e. The molecule has 0 fully saturated rings. The van der Waals surface area contributed by atoms with Gasteiger partial charge in [0, 0.05) is 12.8 Å². The van der Waals surface area contributed by atoms with Crippen molar-refractivity contribution in [2.24, 2.45) is 11.8 Å². The molecule has 0 aromatic rings. The van der Waals surface area contributed by atoms with Crippen LogP contribution in [-0.2, 0) is 4.79 Å². The number of hydrogen-bond acceptors (Lipinski definition) is 1. The summed E-state index contributed by atoms with van der Waals surface area (Å²) >= 11 is 0. The largest absolute Gasteiger partial charge is 0.300 e. The van der Waals surface area contributed by atoms with Crippen LogP contribution in [0.15, 0.2) is 0 Å². The predicted octanol–water partition coefficient (Wildman–Crippen LogP) is 5.77. The second-order valence-electron chi connectivity index (χ2n) is 5.72. The minimum atomic E-state index is 0.497. The molecule has 1 heteroatoms. The van der Waals surface area contributed by atoms with Crippen LogP contribution in [0.2, 0.25) is 0 Å². The lowest BCUT2D eigenvalue weighted by Crippen LogP contribution is -2.07. The summed E-state index contributed by atoms with van der Waals surface area (Å²) in [5, 5.41) is 0. The Morgan fingerprint density at radius 1 is 0.778 bits per heavy atom. The van der Waals surface area contributed by atoms with Crippen LogP contribution in [-0.4, -0.2) is 5.78 Å². The summed E-state index contributed by atoms with van der Waals surface area (Å²) in [5.41, 5.74) is 0. The van der Waals surface area contributed by atoms with Gasteiger partial charge in [0.1, 0.15) is 5.78 Å². The van der Waals surface area contributed by atoms with Crippen molar-refractivity contribution in [1.29, 1.82) is 0 Å². The summed E-state index contributed by atoms with van der Waals surface area (Å²) in [6, 6.07) is 0. The molecule has 0 aromatic carbocycles. The molecule has 0 bridgehead atoms. The zero-order valence-electron chi connectivity index (χ0n) is 13.1. The minimum absolute atomic E-state index is 0.497. The molecule has 108 valence electrons. The molecule has 0 rings (SSSR count). The van der Waals surface area contributed by atoms with Crippen molar-refractivity contribution in [3.05, 3.63) is 0 Å². The van der Waals surface area contributed by atoms with Gasteiger partial charge in [0.05, 0.1) is 0 Å². The third kappa shape index (κ3) is 8.72. The highest BCUT2D eigenvalue weighted by atomic mass is 16.1. The molecule has 0 saturated carbocycles. The second kappa shape index (κ2) is 11.7. The van der Waals surface area contributed by atoms with Crippen molar-refractivity contribution < 1.29 is 4.79 Å². The number of ketones is 1. The first-order valence-corrected chi connectivity index (χ1v) is 8.19. The molecule has 0 heterocycles. The van der Waals surface area contributed by atoms with E-state index in [1.807, 2.05) is 0 Å². The van der Waals surface area contributed by atoms with Crippen LogP contribution < -0.4 is 0 Å². The molecule has 0 N–H and O–H groups in total. The number of Topliss-reactive ketones (excluding diaryl/α,β-unsaturated/α-hetero) is 1. The van der Waals surface area contributed by atoms with E-state index in [0.29, 0.717) is 5.78 Å². The van der Waals surface area contributed by atoms with E-state index in [9.17, 15) is 4.79 Å². The second-order valence-corrected chi connectivity index (χ2v) is 5.72. The molecule has 0 aliphatic rings. The summed E-state index contributed by atoms with van der Waals surface area (Å²) in [6.45, 7) is 8.97. The Kier molecular flexibility index (Phi) is 11.5. The summed E-state index contributed by atoms with van der Waals surface area (Å²) in [4.78, 5) is 11.9. The van der Waals surface area contributed by atoms with Crippen LogP contribution in [0.5, 0.6) is 0 Å². The van der Waals surface area contributed by atoms with Gasteiger partial charge >= 0.3 is 0 Å². The lowest BCUT2D eigenvalue weighted by Gasteiger charge is -2.14. The topological polar surface area (TPSA) is 17.1 Å². The Balaban J connectivity index is 3.73. The number of rotatable bonds is 12. The fraction of sp³-hybridized carbons (Fsp3) is 0.941. The fourth-order valence-corrected chi connectivity index (χ4v) is 2.60. The van der Waals surface area contributed by atoms with E-state index in [0.717, 1.165) is 37.5 Å². The van der Waals surface area contributed by atoms with Crippen LogP contribution in [0, 0.1) is 11.8 Å². The monoisotopic (exact) mass is 254 g/mol. The van der Waals surface area contributed by atoms with Gasteiger partial charge in [-0.2, -0.15) is 0 Å². The van der Waals surface area contributed by atoms with Crippen LogP contribution in [0.3, 0.4) is 0 Å². The third-order valence-corrected chi connectivity index (χ3v) is 4.36. The molecule has 1 atom stereocenters. The molecule has 0 amide bonds. The maximum atomic E-state index is 11.9. The first-order chi connectivity index (χ1) is 8.67. The van der Waals surface area contributed by atoms with Crippen molar-refractivity contribution >= 4 is 5.78 Å². The summed E-state index contributed by atoms with van der Waals surface area (Å²) in [5.74, 6) is 2.04. The van der Waals surface area contributed by atoms with Crippen LogP contribution in [0.25, 0.3) is 0 Å². The molecular formula is C17H34O. The highest BCUT2D eigenvalue weighted by Crippen LogP contribution is 2.20. The molecular weight excluding hydrogens is 220 g/mol. The Labute approximate surface area is 115 Å². The number of unbranched alkanes of at least 4 members (excludes halogenated alkanes) is 1. The van der Waals surface area contributed by atoms with Gasteiger partial charge in [-0.3, -0.25) is 4.79 Å². The van der Waals surface area contributed by atoms with Gasteiger partial charge in [-0.1, -0.05) is 66.2 Å². The zero-order chi connectivity index (χ0) is 13.8. The fourth-order valence-electron chi connectivity index (χ4n) is 2.60. The molecule has 0 radical (unpaired) electrons. The summed E-state index contributed by atoms with van der Waals surface area (Å²) in [6.07, 6.45) is 11.5. The first kappa shape index (κ1) is 17.7. The van der Waals surface area contributed by atoms with Gasteiger partial charge in [0.15, 0.2) is 0 Å². The average molecular weight is 254 g/mol. The quantitative estimate of drug-likeness (QED) is 0.432. The number of hydrogen-bond donors (Lipinski definition) is 0. The normalized spacial score (nSPS) is 12.9. The summed E-state index contributed by atoms with van der Waals surface area (Å²) < 4.78 is 0. The highest BCUT2D eigenvalue weighted by Gasteiger charge is 2.11. The molecule has 0 saturated heterocycles. The van der Waals surface area contributed by atoms with E-state index >= 15 is 0 Å². The molecule has 0 aliphatic heterocycles. The number of carbonyl (C=O) groups is 1. The van der Waals surface area contributed by atoms with Crippen molar-refractivity contribution in [2.45, 2.75) is 91.9 Å². The zero-order valence-corrected chi connectivity index (χ0v) is 13.1. The van der Waals surface area contributed by atoms with Crippen molar-refractivity contribution in [3.63, 3.8) is 0 Å². The van der Waals surface area contributed by atoms with Gasteiger partial charge < -0.3 is 0 Å². The van der Waals surface area contributed by atoms with Crippen LogP contribution in [0.1, 0.15) is 91.9 Å². The molecule has 0 spiro atoms. The Bertz CT molecular complexity index is 194. The Hall–Kier alpha value is -0.330. The van der Waals surface area contributed by atoms with Crippen molar-refractivity contribution in [1.82, 2.24) is 0 Å². The van der Waals surface area contributed by atoms with Crippen molar-refractivity contribution in [2.75, 3.05) is 0 Å². The minimum Gasteiger partial charge on any atom is -0.300 e. The highest BCUT2D eigenvalue weighted by molar-refractivity contribution is 5.78. The van der Waals surface area contributed by atoms with E-state index in [1.165, 1.54) is 38.5 Å². The Morgan fingerprint density at radius 2 is 1.28 bits per heavy atom. The van der Waals surface area contributed by atoms with E-state index < -0.39 is 0 Å². The van der Waals surface area contributed by atoms with Crippen LogP contribution in [0.4, 0.5) is 0 Å². The molecule has 18 heavy (non-hydrogen) atoms. The lowest BCUT2D eigenvalue weighted by atomic mass is 9.91. The SMILES string of the molecule is CCCCC(CC)CCC(=O)CCC(CC)CC. The predicted molar refractivity (Wildman–Crippen MR) is 80.9 cm³/mol. The summed E-state index contributed by atoms with van der Waals surface area (Å²) in [7, 11) is 0. The van der Waals surface area contributed by atoms with Crippen molar-refractivity contribution in [3.8, 4) is 0 Å². The van der Waals surface area contributed by atoms with E-state index in [1.54, 1.807) is 0 Å². The van der Waals surface area contributed by atoms with E-state index in [-0.39, 0.29) is 0 Å². The Morgan fingerprint density at radius 3 is 1.72 bits per heavy atom. The van der Waals surface area contributed by atoms with Gasteiger partial charge in [0.25, 0.3) is 0 Å². The molecule has 0 aromatic heterocycles. The maximum Gasteiger partial charge on any atom is 0.132 e. The standard InChI is InChI=1S/C17H34O/c1-5-9-10-16(8-4)12-14-17(18)13-11-15(6-2)7-3/h15-16H,5-14H2,1-4H3. The molecule has 0 aliphatic carbocycles.